The molecule has 134 valence electrons. The van der Waals surface area contributed by atoms with E-state index in [4.69, 9.17) is 0 Å². The van der Waals surface area contributed by atoms with Crippen LogP contribution >= 0.6 is 0 Å². The molecule has 0 aliphatic carbocycles. The van der Waals surface area contributed by atoms with Gasteiger partial charge in [-0.2, -0.15) is 0 Å². The van der Waals surface area contributed by atoms with Crippen molar-refractivity contribution in [1.82, 2.24) is 0 Å². The number of aryl methyl sites for hydroxylation is 1. The fraction of sp³-hybridized carbons (Fsp3) is 0.600. The molecule has 0 N–H and O–H groups in total. The highest BCUT2D eigenvalue weighted by Gasteiger charge is 2.15. The van der Waals surface area contributed by atoms with Crippen molar-refractivity contribution in [3.63, 3.8) is 0 Å². The number of aromatic carboxylic acids is 2. The van der Waals surface area contributed by atoms with Gasteiger partial charge in [-0.25, -0.2) is 0 Å². The minimum absolute atomic E-state index is 0.0226. The van der Waals surface area contributed by atoms with Gasteiger partial charge in [-0.05, 0) is 48.6 Å². The molecule has 0 unspecified atom stereocenters. The van der Waals surface area contributed by atoms with Crippen LogP contribution in [0.25, 0.3) is 0 Å². The molecule has 0 aliphatic heterocycles. The molecule has 0 saturated heterocycles. The zero-order chi connectivity index (χ0) is 18.3. The molecular weight excluding hydrogens is 304 g/mol. The first-order valence-corrected chi connectivity index (χ1v) is 8.81. The highest BCUT2D eigenvalue weighted by atomic mass is 16.4. The molecule has 4 nitrogen and oxygen atoms in total. The van der Waals surface area contributed by atoms with Gasteiger partial charge >= 0.3 is 0 Å². The molecule has 1 aromatic rings. The average molecular weight is 332 g/mol. The second kappa shape index (κ2) is 9.45. The minimum atomic E-state index is -1.33. The highest BCUT2D eigenvalue weighted by molar-refractivity contribution is 5.96. The molecule has 1 rings (SSSR count). The largest absolute Gasteiger partial charge is 0.545 e. The van der Waals surface area contributed by atoms with Crippen molar-refractivity contribution in [1.29, 1.82) is 0 Å². The quantitative estimate of drug-likeness (QED) is 0.659. The first-order chi connectivity index (χ1) is 11.2. The van der Waals surface area contributed by atoms with Crippen LogP contribution in [0, 0.1) is 11.8 Å². The van der Waals surface area contributed by atoms with Gasteiger partial charge in [0.2, 0.25) is 0 Å². The third-order valence-electron chi connectivity index (χ3n) is 4.26. The van der Waals surface area contributed by atoms with Gasteiger partial charge in [-0.3, -0.25) is 0 Å². The van der Waals surface area contributed by atoms with Crippen molar-refractivity contribution in [2.45, 2.75) is 66.2 Å². The number of benzene rings is 1. The number of rotatable bonds is 10. The van der Waals surface area contributed by atoms with Crippen LogP contribution in [-0.2, 0) is 12.8 Å². The molecule has 0 saturated carbocycles. The second-order valence-electron chi connectivity index (χ2n) is 7.27. The number of hydrogen-bond acceptors (Lipinski definition) is 4. The van der Waals surface area contributed by atoms with E-state index in [0.29, 0.717) is 35.8 Å². The zero-order valence-electron chi connectivity index (χ0n) is 15.2. The van der Waals surface area contributed by atoms with E-state index in [-0.39, 0.29) is 11.1 Å². The lowest BCUT2D eigenvalue weighted by Crippen LogP contribution is -2.30. The van der Waals surface area contributed by atoms with Crippen molar-refractivity contribution in [3.8, 4) is 0 Å². The standard InChI is InChI=1S/C20H30O4/c1-13(2)7-5-9-15-11-12-17(19(21)22)16(18(15)20(23)24)10-6-8-14(3)4/h11-14H,5-10H2,1-4H3,(H,21,22)(H,23,24)/p-2. The van der Waals surface area contributed by atoms with E-state index in [1.165, 1.54) is 6.07 Å². The molecule has 0 amide bonds. The van der Waals surface area contributed by atoms with E-state index in [9.17, 15) is 19.8 Å². The van der Waals surface area contributed by atoms with Gasteiger partial charge < -0.3 is 19.8 Å². The van der Waals surface area contributed by atoms with Crippen LogP contribution in [0.4, 0.5) is 0 Å². The predicted molar refractivity (Wildman–Crippen MR) is 90.7 cm³/mol. The smallest absolute Gasteiger partial charge is 0.0721 e. The SMILES string of the molecule is CC(C)CCCc1ccc(C(=O)[O-])c(CCCC(C)C)c1C(=O)[O-]. The Morgan fingerprint density at radius 2 is 1.42 bits per heavy atom. The first kappa shape index (κ1) is 20.2. The number of hydrogen-bond donors (Lipinski definition) is 0. The summed E-state index contributed by atoms with van der Waals surface area (Å²) in [7, 11) is 0. The molecule has 0 atom stereocenters. The Morgan fingerprint density at radius 1 is 0.875 bits per heavy atom. The molecule has 0 spiro atoms. The fourth-order valence-electron chi connectivity index (χ4n) is 3.00. The van der Waals surface area contributed by atoms with Crippen molar-refractivity contribution in [2.24, 2.45) is 11.8 Å². The Hall–Kier alpha value is -1.84. The first-order valence-electron chi connectivity index (χ1n) is 8.81. The van der Waals surface area contributed by atoms with Crippen LogP contribution in [0.3, 0.4) is 0 Å². The maximum atomic E-state index is 11.7. The van der Waals surface area contributed by atoms with E-state index >= 15 is 0 Å². The summed E-state index contributed by atoms with van der Waals surface area (Å²) >= 11 is 0. The van der Waals surface area contributed by atoms with Crippen LogP contribution in [0.5, 0.6) is 0 Å². The second-order valence-corrected chi connectivity index (χ2v) is 7.27. The van der Waals surface area contributed by atoms with Gasteiger partial charge in [0.05, 0.1) is 11.9 Å². The van der Waals surface area contributed by atoms with Crippen LogP contribution in [0.2, 0.25) is 0 Å². The van der Waals surface area contributed by atoms with Crippen molar-refractivity contribution >= 4 is 11.9 Å². The van der Waals surface area contributed by atoms with E-state index in [2.05, 4.69) is 27.7 Å². The van der Waals surface area contributed by atoms with E-state index in [1.54, 1.807) is 6.07 Å². The molecule has 0 radical (unpaired) electrons. The monoisotopic (exact) mass is 332 g/mol. The van der Waals surface area contributed by atoms with Crippen LogP contribution in [0.15, 0.2) is 12.1 Å². The number of carbonyl (C=O) groups is 2. The lowest BCUT2D eigenvalue weighted by Gasteiger charge is -2.21. The maximum Gasteiger partial charge on any atom is 0.0721 e. The van der Waals surface area contributed by atoms with Crippen LogP contribution in [-0.4, -0.2) is 11.9 Å². The normalized spacial score (nSPS) is 11.2. The Labute approximate surface area is 144 Å². The van der Waals surface area contributed by atoms with Gasteiger partial charge in [0.25, 0.3) is 0 Å². The molecule has 0 aliphatic rings. The minimum Gasteiger partial charge on any atom is -0.545 e. The summed E-state index contributed by atoms with van der Waals surface area (Å²) in [6.45, 7) is 8.41. The van der Waals surface area contributed by atoms with Gasteiger partial charge in [-0.15, -0.1) is 0 Å². The van der Waals surface area contributed by atoms with Crippen LogP contribution < -0.4 is 10.2 Å². The predicted octanol–water partition coefficient (Wildman–Crippen LogP) is 2.37. The summed E-state index contributed by atoms with van der Waals surface area (Å²) in [4.78, 5) is 23.1. The Kier molecular flexibility index (Phi) is 7.96. The number of carboxylic acids is 2. The van der Waals surface area contributed by atoms with Crippen LogP contribution in [0.1, 0.15) is 85.2 Å². The third-order valence-corrected chi connectivity index (χ3v) is 4.26. The summed E-state index contributed by atoms with van der Waals surface area (Å²) in [5.41, 5.74) is 1.06. The lowest BCUT2D eigenvalue weighted by atomic mass is 9.89. The maximum absolute atomic E-state index is 11.7. The summed E-state index contributed by atoms with van der Waals surface area (Å²) in [6.07, 6.45) is 4.56. The molecule has 0 aromatic heterocycles. The summed E-state index contributed by atoms with van der Waals surface area (Å²) in [5, 5.41) is 23.1. The fourth-order valence-corrected chi connectivity index (χ4v) is 3.00. The van der Waals surface area contributed by atoms with Crippen molar-refractivity contribution < 1.29 is 19.8 Å². The Bertz CT molecular complexity index is 573. The van der Waals surface area contributed by atoms with Gasteiger partial charge in [0.15, 0.2) is 0 Å². The molecular formula is C20H28O4-2. The van der Waals surface area contributed by atoms with Gasteiger partial charge in [0, 0.05) is 11.1 Å². The highest BCUT2D eigenvalue weighted by Crippen LogP contribution is 2.24. The average Bonchev–Trinajstić information content (AvgIpc) is 2.45. The molecule has 0 fully saturated rings. The molecule has 1 aromatic carbocycles. The topological polar surface area (TPSA) is 80.3 Å². The van der Waals surface area contributed by atoms with Crippen molar-refractivity contribution in [3.05, 3.63) is 34.4 Å². The molecule has 0 bridgehead atoms. The zero-order valence-corrected chi connectivity index (χ0v) is 15.2. The lowest BCUT2D eigenvalue weighted by molar-refractivity contribution is -0.255. The van der Waals surface area contributed by atoms with E-state index < -0.39 is 11.9 Å². The Balaban J connectivity index is 3.16. The molecule has 24 heavy (non-hydrogen) atoms. The van der Waals surface area contributed by atoms with E-state index in [1.807, 2.05) is 0 Å². The number of carboxylic acid groups (broad SMARTS) is 2. The molecule has 0 heterocycles. The Morgan fingerprint density at radius 3 is 1.88 bits per heavy atom. The van der Waals surface area contributed by atoms with Gasteiger partial charge in [-0.1, -0.05) is 52.7 Å². The van der Waals surface area contributed by atoms with Gasteiger partial charge in [0.1, 0.15) is 0 Å². The van der Waals surface area contributed by atoms with Crippen molar-refractivity contribution in [2.75, 3.05) is 0 Å². The number of carbonyl (C=O) groups excluding carboxylic acids is 2. The summed E-state index contributed by atoms with van der Waals surface area (Å²) in [6, 6.07) is 3.08. The summed E-state index contributed by atoms with van der Waals surface area (Å²) in [5.74, 6) is -1.59. The third kappa shape index (κ3) is 5.99. The van der Waals surface area contributed by atoms with E-state index in [0.717, 1.165) is 25.7 Å². The summed E-state index contributed by atoms with van der Waals surface area (Å²) < 4.78 is 0. The molecule has 4 heteroatoms.